The monoisotopic (exact) mass is 552 g/mol. The molecule has 0 rings (SSSR count). The summed E-state index contributed by atoms with van der Waals surface area (Å²) < 4.78 is 23.2. The average molecular weight is 553 g/mol. The maximum Gasteiger partial charge on any atom is 0.333 e. The van der Waals surface area contributed by atoms with E-state index in [0.29, 0.717) is 6.42 Å². The van der Waals surface area contributed by atoms with E-state index in [4.69, 9.17) is 9.26 Å². The predicted molar refractivity (Wildman–Crippen MR) is 154 cm³/mol. The first kappa shape index (κ1) is 35.9. The third-order valence-corrected chi connectivity index (χ3v) is 9.44. The van der Waals surface area contributed by atoms with Crippen LogP contribution in [0.5, 0.6) is 0 Å². The molecule has 0 aliphatic heterocycles. The molecule has 0 aromatic heterocycles. The molecule has 0 radical (unpaired) electrons. The van der Waals surface area contributed by atoms with Crippen LogP contribution in [0.3, 0.4) is 0 Å². The van der Waals surface area contributed by atoms with Crippen LogP contribution in [0.25, 0.3) is 0 Å². The molecule has 0 amide bonds. The second-order valence-electron chi connectivity index (χ2n) is 10.1. The van der Waals surface area contributed by atoms with Crippen molar-refractivity contribution in [2.24, 2.45) is 0 Å². The van der Waals surface area contributed by atoms with Gasteiger partial charge in [-0.15, -0.1) is 0 Å². The highest BCUT2D eigenvalue weighted by molar-refractivity contribution is 7.99. The Morgan fingerprint density at radius 2 is 1.31 bits per heavy atom. The van der Waals surface area contributed by atoms with Gasteiger partial charge in [0.2, 0.25) is 0 Å². The van der Waals surface area contributed by atoms with Crippen molar-refractivity contribution in [2.45, 2.75) is 154 Å². The third kappa shape index (κ3) is 20.9. The fourth-order valence-corrected chi connectivity index (χ4v) is 6.83. The highest BCUT2D eigenvalue weighted by Crippen LogP contribution is 2.43. The zero-order valence-electron chi connectivity index (χ0n) is 23.8. The van der Waals surface area contributed by atoms with Crippen LogP contribution < -0.4 is 0 Å². The number of carbonyl (C=O) groups is 1. The topological polar surface area (TPSA) is 93.1 Å². The molecule has 216 valence electrons. The molecule has 4 unspecified atom stereocenters. The van der Waals surface area contributed by atoms with Gasteiger partial charge in [0.15, 0.2) is 6.10 Å². The van der Waals surface area contributed by atoms with Gasteiger partial charge in [-0.2, -0.15) is 11.8 Å². The molecule has 0 spiro atoms. The van der Waals surface area contributed by atoms with Gasteiger partial charge in [-0.1, -0.05) is 111 Å². The maximum absolute atomic E-state index is 12.3. The van der Waals surface area contributed by atoms with Crippen molar-refractivity contribution in [3.63, 3.8) is 0 Å². The summed E-state index contributed by atoms with van der Waals surface area (Å²) in [7, 11) is -4.00. The zero-order chi connectivity index (χ0) is 27.1. The molecule has 4 atom stereocenters. The van der Waals surface area contributed by atoms with Gasteiger partial charge in [-0.05, 0) is 31.9 Å². The molecule has 0 aliphatic rings. The smallest absolute Gasteiger partial charge is 0.333 e. The fraction of sp³-hybridized carbons (Fsp3) is 0.964. The molecule has 36 heavy (non-hydrogen) atoms. The highest BCUT2D eigenvalue weighted by atomic mass is 32.2. The number of carboxylic acid groups (broad SMARTS) is 1. The number of unbranched alkanes of at least 4 members (excludes halogenated alkanes) is 13. The lowest BCUT2D eigenvalue weighted by Crippen LogP contribution is -2.36. The van der Waals surface area contributed by atoms with Gasteiger partial charge < -0.3 is 19.3 Å². The Bertz CT molecular complexity index is 562. The first-order valence-electron chi connectivity index (χ1n) is 14.7. The minimum absolute atomic E-state index is 0.130. The van der Waals surface area contributed by atoms with E-state index < -0.39 is 25.8 Å². The summed E-state index contributed by atoms with van der Waals surface area (Å²) >= 11 is 1.88. The van der Waals surface area contributed by atoms with Crippen LogP contribution in [-0.2, 0) is 18.6 Å². The normalized spacial score (nSPS) is 15.9. The van der Waals surface area contributed by atoms with E-state index in [1.165, 1.54) is 83.5 Å². The van der Waals surface area contributed by atoms with Crippen molar-refractivity contribution in [3.05, 3.63) is 0 Å². The van der Waals surface area contributed by atoms with Gasteiger partial charge >= 0.3 is 13.6 Å². The first-order chi connectivity index (χ1) is 17.3. The lowest BCUT2D eigenvalue weighted by molar-refractivity contribution is -0.152. The van der Waals surface area contributed by atoms with E-state index in [-0.39, 0.29) is 18.0 Å². The zero-order valence-corrected chi connectivity index (χ0v) is 25.5. The van der Waals surface area contributed by atoms with E-state index in [1.54, 1.807) is 0 Å². The molecule has 0 heterocycles. The Morgan fingerprint density at radius 1 is 0.806 bits per heavy atom. The van der Waals surface area contributed by atoms with Crippen LogP contribution in [0.4, 0.5) is 0 Å². The molecular formula is C28H57O6PS. The summed E-state index contributed by atoms with van der Waals surface area (Å²) in [5.74, 6) is -0.168. The number of carboxylic acids is 1. The average Bonchev–Trinajstić information content (AvgIpc) is 2.84. The second kappa shape index (κ2) is 24.0. The number of hydrogen-bond acceptors (Lipinski definition) is 5. The Balaban J connectivity index is 4.72. The molecule has 6 nitrogen and oxygen atoms in total. The quantitative estimate of drug-likeness (QED) is 0.0776. The Morgan fingerprint density at radius 3 is 1.81 bits per heavy atom. The van der Waals surface area contributed by atoms with Crippen molar-refractivity contribution >= 4 is 25.3 Å². The number of ether oxygens (including phenoxy) is 1. The number of aliphatic carboxylic acids is 1. The van der Waals surface area contributed by atoms with E-state index in [9.17, 15) is 19.4 Å². The summed E-state index contributed by atoms with van der Waals surface area (Å²) in [6, 6.07) is 0. The van der Waals surface area contributed by atoms with Crippen LogP contribution in [-0.4, -0.2) is 51.9 Å². The molecule has 0 fully saturated rings. The predicted octanol–water partition coefficient (Wildman–Crippen LogP) is 8.84. The van der Waals surface area contributed by atoms with Gasteiger partial charge in [0, 0.05) is 5.25 Å². The Labute approximate surface area is 226 Å². The molecule has 0 aliphatic carbocycles. The number of hydrogen-bond donors (Lipinski definition) is 2. The summed E-state index contributed by atoms with van der Waals surface area (Å²) in [4.78, 5) is 21.9. The summed E-state index contributed by atoms with van der Waals surface area (Å²) in [5, 5.41) is 9.82. The lowest BCUT2D eigenvalue weighted by atomic mass is 10.1. The SMILES string of the molecule is CCCCCCCCCCSC(CCCCCCCCC)C(C)OC(CP(=O)(O)OCCC)C(=O)O. The van der Waals surface area contributed by atoms with E-state index in [1.807, 2.05) is 25.6 Å². The summed E-state index contributed by atoms with van der Waals surface area (Å²) in [5.41, 5.74) is 0. The van der Waals surface area contributed by atoms with Crippen LogP contribution in [0, 0.1) is 0 Å². The first-order valence-corrected chi connectivity index (χ1v) is 17.5. The second-order valence-corrected chi connectivity index (χ2v) is 13.4. The van der Waals surface area contributed by atoms with Gasteiger partial charge in [-0.3, -0.25) is 4.57 Å². The molecule has 0 bridgehead atoms. The van der Waals surface area contributed by atoms with Crippen molar-refractivity contribution in [2.75, 3.05) is 18.5 Å². The molecule has 2 N–H and O–H groups in total. The Hall–Kier alpha value is -0.0700. The van der Waals surface area contributed by atoms with Gasteiger partial charge in [0.25, 0.3) is 0 Å². The van der Waals surface area contributed by atoms with Crippen molar-refractivity contribution in [1.82, 2.24) is 0 Å². The van der Waals surface area contributed by atoms with Crippen molar-refractivity contribution in [1.29, 1.82) is 0 Å². The van der Waals surface area contributed by atoms with Crippen molar-refractivity contribution in [3.8, 4) is 0 Å². The van der Waals surface area contributed by atoms with Crippen LogP contribution in [0.1, 0.15) is 137 Å². The third-order valence-electron chi connectivity index (χ3n) is 6.49. The molecule has 0 aromatic rings. The summed E-state index contributed by atoms with van der Waals surface area (Å²) in [6.07, 6.45) is 18.3. The standard InChI is InChI=1S/C28H57O6PS/c1-5-8-10-12-14-16-18-20-23-36-27(21-19-17-15-13-11-9-6-2)25(4)34-26(28(29)30)24-35(31,32)33-22-7-3/h25-27H,5-24H2,1-4H3,(H,29,30)(H,31,32). The van der Waals surface area contributed by atoms with E-state index >= 15 is 0 Å². The van der Waals surface area contributed by atoms with Crippen LogP contribution >= 0.6 is 19.4 Å². The summed E-state index contributed by atoms with van der Waals surface area (Å²) in [6.45, 7) is 8.35. The fourth-order valence-electron chi connectivity index (χ4n) is 4.25. The Kier molecular flexibility index (Phi) is 24.0. The van der Waals surface area contributed by atoms with Gasteiger partial charge in [-0.25, -0.2) is 4.79 Å². The van der Waals surface area contributed by atoms with Gasteiger partial charge in [0.1, 0.15) is 0 Å². The minimum Gasteiger partial charge on any atom is -0.479 e. The number of rotatable bonds is 27. The lowest BCUT2D eigenvalue weighted by Gasteiger charge is -2.27. The maximum atomic E-state index is 12.3. The number of thioether (sulfide) groups is 1. The van der Waals surface area contributed by atoms with Gasteiger partial charge in [0.05, 0.1) is 18.9 Å². The molecule has 0 aromatic carbocycles. The molecule has 0 saturated heterocycles. The minimum atomic E-state index is -4.00. The highest BCUT2D eigenvalue weighted by Gasteiger charge is 2.33. The van der Waals surface area contributed by atoms with E-state index in [0.717, 1.165) is 25.0 Å². The van der Waals surface area contributed by atoms with Crippen LogP contribution in [0.2, 0.25) is 0 Å². The van der Waals surface area contributed by atoms with E-state index in [2.05, 4.69) is 13.8 Å². The molecule has 0 saturated carbocycles. The van der Waals surface area contributed by atoms with Crippen molar-refractivity contribution < 1.29 is 28.6 Å². The van der Waals surface area contributed by atoms with Crippen LogP contribution in [0.15, 0.2) is 0 Å². The molecule has 8 heteroatoms. The molecular weight excluding hydrogens is 495 g/mol. The largest absolute Gasteiger partial charge is 0.479 e.